The molecule has 0 heterocycles. The zero-order valence-corrected chi connectivity index (χ0v) is 54.1. The van der Waals surface area contributed by atoms with Crippen LogP contribution in [-0.4, -0.2) is 37.2 Å². The molecule has 0 aliphatic carbocycles. The highest BCUT2D eigenvalue weighted by atomic mass is 16.6. The molecule has 0 saturated heterocycles. The van der Waals surface area contributed by atoms with Crippen molar-refractivity contribution < 1.29 is 28.6 Å². The lowest BCUT2D eigenvalue weighted by Crippen LogP contribution is -2.30. The monoisotopic (exact) mass is 1120 g/mol. The van der Waals surface area contributed by atoms with Gasteiger partial charge in [0, 0.05) is 19.3 Å². The van der Waals surface area contributed by atoms with E-state index in [2.05, 4.69) is 57.2 Å². The Hall–Kier alpha value is -2.37. The molecule has 0 rings (SSSR count). The number of hydrogen-bond donors (Lipinski definition) is 0. The van der Waals surface area contributed by atoms with Crippen LogP contribution in [0.4, 0.5) is 0 Å². The maximum atomic E-state index is 12.9. The van der Waals surface area contributed by atoms with E-state index in [9.17, 15) is 14.4 Å². The Kier molecular flexibility index (Phi) is 67.1. The molecular formula is C74H138O6. The third-order valence-electron chi connectivity index (χ3n) is 16.4. The van der Waals surface area contributed by atoms with Gasteiger partial charge in [-0.2, -0.15) is 0 Å². The van der Waals surface area contributed by atoms with Crippen LogP contribution in [0.25, 0.3) is 0 Å². The normalized spacial score (nSPS) is 12.2. The van der Waals surface area contributed by atoms with Crippen LogP contribution >= 0.6 is 0 Å². The first-order valence-electron chi connectivity index (χ1n) is 36.0. The summed E-state index contributed by atoms with van der Waals surface area (Å²) in [6, 6.07) is 0. The summed E-state index contributed by atoms with van der Waals surface area (Å²) in [6.07, 6.45) is 86.4. The second-order valence-corrected chi connectivity index (χ2v) is 24.5. The molecule has 0 bridgehead atoms. The topological polar surface area (TPSA) is 78.9 Å². The third-order valence-corrected chi connectivity index (χ3v) is 16.4. The molecular weight excluding hydrogens is 985 g/mol. The number of ether oxygens (including phenoxy) is 3. The summed E-state index contributed by atoms with van der Waals surface area (Å²) < 4.78 is 16.9. The van der Waals surface area contributed by atoms with Gasteiger partial charge in [-0.15, -0.1) is 0 Å². The molecule has 6 nitrogen and oxygen atoms in total. The fourth-order valence-corrected chi connectivity index (χ4v) is 10.9. The number of rotatable bonds is 67. The Balaban J connectivity index is 3.99. The molecule has 80 heavy (non-hydrogen) atoms. The molecule has 0 saturated carbocycles. The first-order chi connectivity index (χ1) is 39.5. The van der Waals surface area contributed by atoms with E-state index in [1.807, 2.05) is 0 Å². The van der Waals surface area contributed by atoms with Gasteiger partial charge >= 0.3 is 17.9 Å². The van der Waals surface area contributed by atoms with Gasteiger partial charge in [-0.25, -0.2) is 0 Å². The van der Waals surface area contributed by atoms with Crippen molar-refractivity contribution in [3.8, 4) is 0 Å². The molecule has 0 fully saturated rings. The van der Waals surface area contributed by atoms with Gasteiger partial charge < -0.3 is 14.2 Å². The van der Waals surface area contributed by atoms with Crippen molar-refractivity contribution in [2.75, 3.05) is 13.2 Å². The average molecular weight is 1120 g/mol. The minimum atomic E-state index is -0.772. The van der Waals surface area contributed by atoms with Gasteiger partial charge in [0.1, 0.15) is 13.2 Å². The number of carbonyl (C=O) groups is 3. The molecule has 0 N–H and O–H groups in total. The summed E-state index contributed by atoms with van der Waals surface area (Å²) in [5.74, 6) is -0.856. The first kappa shape index (κ1) is 77.6. The molecule has 0 aromatic carbocycles. The van der Waals surface area contributed by atoms with E-state index in [4.69, 9.17) is 14.2 Å². The lowest BCUT2D eigenvalue weighted by atomic mass is 10.0. The molecule has 0 radical (unpaired) electrons. The van der Waals surface area contributed by atoms with Crippen LogP contribution in [0.15, 0.2) is 36.5 Å². The molecule has 0 aliphatic heterocycles. The lowest BCUT2D eigenvalue weighted by molar-refractivity contribution is -0.167. The van der Waals surface area contributed by atoms with Gasteiger partial charge in [0.25, 0.3) is 0 Å². The zero-order valence-electron chi connectivity index (χ0n) is 54.1. The van der Waals surface area contributed by atoms with Gasteiger partial charge in [0.2, 0.25) is 0 Å². The van der Waals surface area contributed by atoms with Crippen molar-refractivity contribution in [3.05, 3.63) is 36.5 Å². The quantitative estimate of drug-likeness (QED) is 0.0261. The average Bonchev–Trinajstić information content (AvgIpc) is 3.46. The number of esters is 3. The third kappa shape index (κ3) is 66.4. The number of allylic oxidation sites excluding steroid dienone is 6. The van der Waals surface area contributed by atoms with Crippen molar-refractivity contribution in [1.29, 1.82) is 0 Å². The minimum absolute atomic E-state index is 0.0700. The fourth-order valence-electron chi connectivity index (χ4n) is 10.9. The first-order valence-corrected chi connectivity index (χ1v) is 36.0. The van der Waals surface area contributed by atoms with E-state index in [0.717, 1.165) is 70.6 Å². The second-order valence-electron chi connectivity index (χ2n) is 24.5. The van der Waals surface area contributed by atoms with Crippen molar-refractivity contribution in [1.82, 2.24) is 0 Å². The van der Waals surface area contributed by atoms with Gasteiger partial charge in [-0.05, 0) is 77.0 Å². The van der Waals surface area contributed by atoms with Gasteiger partial charge in [-0.3, -0.25) is 14.4 Å². The molecule has 1 unspecified atom stereocenters. The summed E-state index contributed by atoms with van der Waals surface area (Å²) in [5, 5.41) is 0. The molecule has 1 atom stereocenters. The predicted molar refractivity (Wildman–Crippen MR) is 349 cm³/mol. The van der Waals surface area contributed by atoms with Crippen LogP contribution in [0.1, 0.15) is 400 Å². The van der Waals surface area contributed by atoms with Crippen LogP contribution < -0.4 is 0 Å². The van der Waals surface area contributed by atoms with Crippen LogP contribution in [0.2, 0.25) is 0 Å². The predicted octanol–water partition coefficient (Wildman–Crippen LogP) is 24.7. The van der Waals surface area contributed by atoms with Crippen LogP contribution in [0, 0.1) is 0 Å². The van der Waals surface area contributed by atoms with Crippen LogP contribution in [-0.2, 0) is 28.6 Å². The maximum Gasteiger partial charge on any atom is 0.306 e. The van der Waals surface area contributed by atoms with Gasteiger partial charge in [0.05, 0.1) is 0 Å². The summed E-state index contributed by atoms with van der Waals surface area (Å²) in [5.41, 5.74) is 0. The molecule has 0 spiro atoms. The standard InChI is InChI=1S/C74H138O6/c1-4-7-10-13-16-19-21-23-25-27-29-30-31-32-33-34-35-36-37-38-39-40-41-42-43-44-45-47-48-50-52-55-58-61-64-67-73(76)79-70-71(69-78-72(75)66-63-60-57-54-18-15-12-9-6-3)80-74(77)68-65-62-59-56-53-51-49-46-28-26-24-22-20-17-14-11-8-5-2/h20,22,26-29,71H,4-19,21,23-25,30-70H2,1-3H3/b22-20-,28-26-,29-27-. The maximum absolute atomic E-state index is 12.9. The molecule has 0 aromatic heterocycles. The summed E-state index contributed by atoms with van der Waals surface area (Å²) in [4.78, 5) is 38.2. The Labute approximate surface area is 499 Å². The van der Waals surface area contributed by atoms with Gasteiger partial charge in [0.15, 0.2) is 6.10 Å². The zero-order chi connectivity index (χ0) is 57.8. The number of unbranched alkanes of at least 4 members (excludes halogenated alkanes) is 50. The largest absolute Gasteiger partial charge is 0.462 e. The van der Waals surface area contributed by atoms with Crippen molar-refractivity contribution in [2.24, 2.45) is 0 Å². The van der Waals surface area contributed by atoms with Crippen LogP contribution in [0.5, 0.6) is 0 Å². The van der Waals surface area contributed by atoms with E-state index in [1.165, 1.54) is 289 Å². The molecule has 0 amide bonds. The number of hydrogen-bond acceptors (Lipinski definition) is 6. The highest BCUT2D eigenvalue weighted by Crippen LogP contribution is 2.19. The molecule has 0 aliphatic rings. The minimum Gasteiger partial charge on any atom is -0.462 e. The Morgan fingerprint density at radius 2 is 0.450 bits per heavy atom. The molecule has 470 valence electrons. The molecule has 0 aromatic rings. The van der Waals surface area contributed by atoms with Crippen LogP contribution in [0.3, 0.4) is 0 Å². The summed E-state index contributed by atoms with van der Waals surface area (Å²) in [7, 11) is 0. The lowest BCUT2D eigenvalue weighted by Gasteiger charge is -2.18. The Morgan fingerprint density at radius 1 is 0.250 bits per heavy atom. The van der Waals surface area contributed by atoms with E-state index in [0.29, 0.717) is 19.3 Å². The second kappa shape index (κ2) is 69.1. The Bertz CT molecular complexity index is 1340. The van der Waals surface area contributed by atoms with E-state index in [-0.39, 0.29) is 31.1 Å². The summed E-state index contributed by atoms with van der Waals surface area (Å²) in [6.45, 7) is 6.66. The van der Waals surface area contributed by atoms with E-state index in [1.54, 1.807) is 0 Å². The highest BCUT2D eigenvalue weighted by Gasteiger charge is 2.19. The fraction of sp³-hybridized carbons (Fsp3) is 0.878. The summed E-state index contributed by atoms with van der Waals surface area (Å²) >= 11 is 0. The van der Waals surface area contributed by atoms with E-state index >= 15 is 0 Å². The molecule has 6 heteroatoms. The van der Waals surface area contributed by atoms with E-state index < -0.39 is 6.10 Å². The van der Waals surface area contributed by atoms with Gasteiger partial charge in [-0.1, -0.05) is 340 Å². The van der Waals surface area contributed by atoms with Crippen molar-refractivity contribution in [2.45, 2.75) is 406 Å². The number of carbonyl (C=O) groups excluding carboxylic acids is 3. The Morgan fingerprint density at radius 3 is 0.713 bits per heavy atom. The SMILES string of the molecule is CCCCCC/C=C\C/C=C\CCCCCCCCCC(=O)OC(COC(=O)CCCCCCCCCCC)COC(=O)CCCCCCCCCCCCCCCCCCCCCCCCC/C=C\CCCCCCCCCC. The van der Waals surface area contributed by atoms with Crippen molar-refractivity contribution in [3.63, 3.8) is 0 Å². The van der Waals surface area contributed by atoms with Crippen molar-refractivity contribution >= 4 is 17.9 Å². The highest BCUT2D eigenvalue weighted by molar-refractivity contribution is 5.71. The smallest absolute Gasteiger partial charge is 0.306 e.